The molecule has 0 aromatic heterocycles. The molecule has 22 heavy (non-hydrogen) atoms. The fourth-order valence-corrected chi connectivity index (χ4v) is 2.57. The van der Waals surface area contributed by atoms with Crippen LogP contribution in [0.5, 0.6) is 0 Å². The molecule has 0 bridgehead atoms. The summed E-state index contributed by atoms with van der Waals surface area (Å²) >= 11 is 0. The molecule has 1 aromatic rings. The second-order valence-corrected chi connectivity index (χ2v) is 5.45. The van der Waals surface area contributed by atoms with Gasteiger partial charge in [0.2, 0.25) is 5.96 Å². The van der Waals surface area contributed by atoms with Gasteiger partial charge in [-0.15, -0.1) is 0 Å². The average molecular weight is 304 g/mol. The maximum absolute atomic E-state index is 13.0. The van der Waals surface area contributed by atoms with E-state index in [1.54, 1.807) is 12.1 Å². The van der Waals surface area contributed by atoms with Gasteiger partial charge in [0.25, 0.3) is 0 Å². The summed E-state index contributed by atoms with van der Waals surface area (Å²) in [5.41, 5.74) is 1.59. The van der Waals surface area contributed by atoms with Crippen LogP contribution in [-0.2, 0) is 0 Å². The normalized spacial score (nSPS) is 20.9. The van der Waals surface area contributed by atoms with Crippen molar-refractivity contribution in [1.29, 1.82) is 0 Å². The van der Waals surface area contributed by atoms with Crippen LogP contribution in [0.25, 0.3) is 0 Å². The Morgan fingerprint density at radius 2 is 1.91 bits per heavy atom. The van der Waals surface area contributed by atoms with E-state index in [-0.39, 0.29) is 11.5 Å². The molecule has 1 aromatic carbocycles. The Morgan fingerprint density at radius 3 is 2.50 bits per heavy atom. The van der Waals surface area contributed by atoms with Crippen molar-refractivity contribution in [2.24, 2.45) is 4.99 Å². The highest BCUT2D eigenvalue weighted by molar-refractivity contribution is 5.95. The molecule has 4 nitrogen and oxygen atoms in total. The number of likely N-dealkylation sites (N-methyl/N-ethyl adjacent to an activating group) is 1. The van der Waals surface area contributed by atoms with Gasteiger partial charge >= 0.3 is 0 Å². The Bertz CT molecular complexity index is 550. The van der Waals surface area contributed by atoms with Crippen molar-refractivity contribution in [1.82, 2.24) is 10.6 Å². The molecule has 0 aliphatic carbocycles. The van der Waals surface area contributed by atoms with Crippen LogP contribution in [-0.4, -0.2) is 18.2 Å². The molecule has 5 heteroatoms. The summed E-state index contributed by atoms with van der Waals surface area (Å²) in [6.45, 7) is 7.20. The largest absolute Gasteiger partial charge is 0.330 e. The number of nitrogens with one attached hydrogen (secondary N) is 3. The van der Waals surface area contributed by atoms with Crippen molar-refractivity contribution < 1.29 is 4.39 Å². The van der Waals surface area contributed by atoms with Gasteiger partial charge in [-0.2, -0.15) is 0 Å². The number of guanidine groups is 1. The summed E-state index contributed by atoms with van der Waals surface area (Å²) < 4.78 is 13.0. The molecule has 0 spiro atoms. The number of hydrogen-bond acceptors (Lipinski definition) is 4. The standard InChI is InChI=1S/C17H25FN4/c1-4-7-15-12-17(5-2,19-6-3)22-16(21-15)20-14-10-8-13(18)9-11-14/h8-12,19H,4-7H2,1-3H3,(H2,20,21,22). The summed E-state index contributed by atoms with van der Waals surface area (Å²) in [5.74, 6) is 0.451. The zero-order chi connectivity index (χ0) is 16.0. The summed E-state index contributed by atoms with van der Waals surface area (Å²) in [6, 6.07) is 6.29. The molecule has 0 radical (unpaired) electrons. The summed E-state index contributed by atoms with van der Waals surface area (Å²) in [7, 11) is 0. The van der Waals surface area contributed by atoms with E-state index >= 15 is 0 Å². The molecule has 0 saturated heterocycles. The summed E-state index contributed by atoms with van der Waals surface area (Å²) in [5, 5.41) is 10.0. The summed E-state index contributed by atoms with van der Waals surface area (Å²) in [6.07, 6.45) is 5.08. The van der Waals surface area contributed by atoms with E-state index in [0.717, 1.165) is 37.2 Å². The van der Waals surface area contributed by atoms with Crippen LogP contribution < -0.4 is 16.0 Å². The van der Waals surface area contributed by atoms with Gasteiger partial charge < -0.3 is 10.6 Å². The zero-order valence-corrected chi connectivity index (χ0v) is 13.5. The maximum Gasteiger partial charge on any atom is 0.202 e. The van der Waals surface area contributed by atoms with E-state index < -0.39 is 0 Å². The predicted octanol–water partition coefficient (Wildman–Crippen LogP) is 3.60. The van der Waals surface area contributed by atoms with E-state index in [1.165, 1.54) is 12.1 Å². The van der Waals surface area contributed by atoms with Gasteiger partial charge in [0.15, 0.2) is 0 Å². The molecular formula is C17H25FN4. The maximum atomic E-state index is 13.0. The minimum absolute atomic E-state index is 0.244. The third kappa shape index (κ3) is 4.07. The van der Waals surface area contributed by atoms with Crippen LogP contribution in [0, 0.1) is 5.82 Å². The predicted molar refractivity (Wildman–Crippen MR) is 90.3 cm³/mol. The Balaban J connectivity index is 2.23. The van der Waals surface area contributed by atoms with E-state index in [4.69, 9.17) is 4.99 Å². The lowest BCUT2D eigenvalue weighted by Gasteiger charge is -2.33. The first kappa shape index (κ1) is 16.5. The van der Waals surface area contributed by atoms with Crippen LogP contribution in [0.15, 0.2) is 41.0 Å². The monoisotopic (exact) mass is 304 g/mol. The SMILES string of the molecule is CCCC1=CC(CC)(NCC)N=C(Nc2ccc(F)cc2)N1. The van der Waals surface area contributed by atoms with Gasteiger partial charge in [-0.05, 0) is 49.7 Å². The second-order valence-electron chi connectivity index (χ2n) is 5.45. The molecule has 1 atom stereocenters. The van der Waals surface area contributed by atoms with Gasteiger partial charge in [0.05, 0.1) is 0 Å². The third-order valence-corrected chi connectivity index (χ3v) is 3.65. The fourth-order valence-electron chi connectivity index (χ4n) is 2.57. The molecule has 1 heterocycles. The number of hydrogen-bond donors (Lipinski definition) is 3. The highest BCUT2D eigenvalue weighted by Gasteiger charge is 2.28. The molecule has 0 amide bonds. The Labute approximate surface area is 131 Å². The highest BCUT2D eigenvalue weighted by Crippen LogP contribution is 2.22. The van der Waals surface area contributed by atoms with E-state index in [1.807, 2.05) is 0 Å². The molecule has 2 rings (SSSR count). The third-order valence-electron chi connectivity index (χ3n) is 3.65. The quantitative estimate of drug-likeness (QED) is 0.752. The number of allylic oxidation sites excluding steroid dienone is 1. The molecule has 1 aliphatic rings. The topological polar surface area (TPSA) is 48.5 Å². The molecule has 120 valence electrons. The lowest BCUT2D eigenvalue weighted by molar-refractivity contribution is 0.405. The number of nitrogens with zero attached hydrogens (tertiary/aromatic N) is 1. The molecule has 3 N–H and O–H groups in total. The van der Waals surface area contributed by atoms with Gasteiger partial charge in [-0.3, -0.25) is 5.32 Å². The van der Waals surface area contributed by atoms with Crippen molar-refractivity contribution >= 4 is 11.6 Å². The summed E-state index contributed by atoms with van der Waals surface area (Å²) in [4.78, 5) is 4.78. The molecule has 0 saturated carbocycles. The number of anilines is 1. The second kappa shape index (κ2) is 7.40. The minimum atomic E-state index is -0.382. The first-order valence-electron chi connectivity index (χ1n) is 7.97. The van der Waals surface area contributed by atoms with Crippen LogP contribution in [0.4, 0.5) is 10.1 Å². The lowest BCUT2D eigenvalue weighted by Crippen LogP contribution is -2.48. The van der Waals surface area contributed by atoms with Gasteiger partial charge in [0.1, 0.15) is 11.5 Å². The zero-order valence-electron chi connectivity index (χ0n) is 13.5. The van der Waals surface area contributed by atoms with Crippen LogP contribution in [0.1, 0.15) is 40.0 Å². The Kier molecular flexibility index (Phi) is 5.55. The van der Waals surface area contributed by atoms with Crippen molar-refractivity contribution in [2.45, 2.75) is 45.7 Å². The number of benzene rings is 1. The van der Waals surface area contributed by atoms with Crippen LogP contribution in [0.3, 0.4) is 0 Å². The lowest BCUT2D eigenvalue weighted by atomic mass is 10.0. The van der Waals surface area contributed by atoms with Crippen molar-refractivity contribution in [3.8, 4) is 0 Å². The minimum Gasteiger partial charge on any atom is -0.330 e. The van der Waals surface area contributed by atoms with E-state index in [2.05, 4.69) is 42.8 Å². The fraction of sp³-hybridized carbons (Fsp3) is 0.471. The first-order chi connectivity index (χ1) is 10.6. The van der Waals surface area contributed by atoms with Gasteiger partial charge in [-0.25, -0.2) is 9.38 Å². The highest BCUT2D eigenvalue weighted by atomic mass is 19.1. The van der Waals surface area contributed by atoms with Crippen LogP contribution in [0.2, 0.25) is 0 Å². The van der Waals surface area contributed by atoms with Crippen molar-refractivity contribution in [2.75, 3.05) is 11.9 Å². The number of rotatable bonds is 6. The molecule has 1 unspecified atom stereocenters. The molecular weight excluding hydrogens is 279 g/mol. The Morgan fingerprint density at radius 1 is 1.18 bits per heavy atom. The number of halogens is 1. The van der Waals surface area contributed by atoms with Gasteiger partial charge in [-0.1, -0.05) is 27.2 Å². The Hall–Kier alpha value is -1.88. The van der Waals surface area contributed by atoms with E-state index in [0.29, 0.717) is 5.96 Å². The average Bonchev–Trinajstić information content (AvgIpc) is 2.50. The van der Waals surface area contributed by atoms with Crippen LogP contribution >= 0.6 is 0 Å². The van der Waals surface area contributed by atoms with Gasteiger partial charge in [0, 0.05) is 11.4 Å². The number of aliphatic imine (C=N–C) groups is 1. The molecule has 0 fully saturated rings. The van der Waals surface area contributed by atoms with Crippen molar-refractivity contribution in [3.05, 3.63) is 41.9 Å². The van der Waals surface area contributed by atoms with E-state index in [9.17, 15) is 4.39 Å². The van der Waals surface area contributed by atoms with Crippen molar-refractivity contribution in [3.63, 3.8) is 0 Å². The first-order valence-corrected chi connectivity index (χ1v) is 7.97. The smallest absolute Gasteiger partial charge is 0.202 e. The molecule has 1 aliphatic heterocycles.